The Balaban J connectivity index is 1.95. The number of amides is 1. The third-order valence-corrected chi connectivity index (χ3v) is 3.77. The third kappa shape index (κ3) is 2.47. The summed E-state index contributed by atoms with van der Waals surface area (Å²) in [6.07, 6.45) is 6.58. The molecule has 2 heterocycles. The number of carbonyl (C=O) groups is 1. The van der Waals surface area contributed by atoms with Crippen molar-refractivity contribution in [1.82, 2.24) is 14.6 Å². The summed E-state index contributed by atoms with van der Waals surface area (Å²) in [5.41, 5.74) is 1.31. The average molecular weight is 302 g/mol. The Morgan fingerprint density at radius 3 is 3.05 bits per heavy atom. The molecule has 0 aliphatic carbocycles. The molecule has 106 valence electrons. The van der Waals surface area contributed by atoms with Crippen LogP contribution >= 0.6 is 11.8 Å². The molecule has 0 aliphatic heterocycles. The second-order valence-corrected chi connectivity index (χ2v) is 5.04. The molecule has 21 heavy (non-hydrogen) atoms. The molecular formula is C14H11FN4OS. The van der Waals surface area contributed by atoms with E-state index in [-0.39, 0.29) is 11.5 Å². The van der Waals surface area contributed by atoms with E-state index in [4.69, 9.17) is 0 Å². The highest BCUT2D eigenvalue weighted by atomic mass is 32.2. The number of rotatable bonds is 3. The van der Waals surface area contributed by atoms with E-state index in [1.807, 2.05) is 0 Å². The molecule has 0 atom stereocenters. The topological polar surface area (TPSA) is 59.3 Å². The summed E-state index contributed by atoms with van der Waals surface area (Å²) in [7, 11) is 0. The largest absolute Gasteiger partial charge is 0.317 e. The minimum Gasteiger partial charge on any atom is -0.317 e. The van der Waals surface area contributed by atoms with Gasteiger partial charge in [0.25, 0.3) is 5.91 Å². The monoisotopic (exact) mass is 302 g/mol. The molecule has 0 saturated heterocycles. The number of nitrogens with one attached hydrogen (secondary N) is 1. The van der Waals surface area contributed by atoms with Gasteiger partial charge in [0.1, 0.15) is 11.5 Å². The van der Waals surface area contributed by atoms with Gasteiger partial charge in [-0.2, -0.15) is 5.10 Å². The predicted molar refractivity (Wildman–Crippen MR) is 79.1 cm³/mol. The average Bonchev–Trinajstić information content (AvgIpc) is 2.90. The lowest BCUT2D eigenvalue weighted by Crippen LogP contribution is -2.13. The Morgan fingerprint density at radius 2 is 2.24 bits per heavy atom. The van der Waals surface area contributed by atoms with Crippen LogP contribution in [-0.2, 0) is 0 Å². The number of anilines is 1. The van der Waals surface area contributed by atoms with Crippen molar-refractivity contribution in [3.63, 3.8) is 0 Å². The highest BCUT2D eigenvalue weighted by molar-refractivity contribution is 7.98. The number of benzene rings is 1. The van der Waals surface area contributed by atoms with E-state index in [1.54, 1.807) is 35.3 Å². The van der Waals surface area contributed by atoms with Gasteiger partial charge in [0.15, 0.2) is 5.65 Å². The first-order valence-corrected chi connectivity index (χ1v) is 7.35. The van der Waals surface area contributed by atoms with Gasteiger partial charge in [-0.15, -0.1) is 11.8 Å². The summed E-state index contributed by atoms with van der Waals surface area (Å²) in [5.74, 6) is -0.799. The maximum absolute atomic E-state index is 13.7. The molecule has 7 heteroatoms. The van der Waals surface area contributed by atoms with Crippen molar-refractivity contribution in [2.45, 2.75) is 4.90 Å². The number of hydrogen-bond acceptors (Lipinski definition) is 4. The minimum absolute atomic E-state index is 0.290. The Morgan fingerprint density at radius 1 is 1.38 bits per heavy atom. The van der Waals surface area contributed by atoms with Gasteiger partial charge in [0.2, 0.25) is 0 Å². The van der Waals surface area contributed by atoms with E-state index in [1.165, 1.54) is 30.1 Å². The van der Waals surface area contributed by atoms with E-state index in [2.05, 4.69) is 15.4 Å². The van der Waals surface area contributed by atoms with Crippen molar-refractivity contribution in [2.24, 2.45) is 0 Å². The lowest BCUT2D eigenvalue weighted by molar-refractivity contribution is 0.102. The van der Waals surface area contributed by atoms with Gasteiger partial charge < -0.3 is 5.32 Å². The Hall–Kier alpha value is -2.41. The van der Waals surface area contributed by atoms with Gasteiger partial charge in [0, 0.05) is 12.4 Å². The summed E-state index contributed by atoms with van der Waals surface area (Å²) in [5, 5.41) is 6.80. The molecule has 0 spiro atoms. The number of thioether (sulfide) groups is 1. The number of fused-ring (bicyclic) bond motifs is 1. The fourth-order valence-corrected chi connectivity index (χ4v) is 2.64. The molecule has 0 fully saturated rings. The highest BCUT2D eigenvalue weighted by Crippen LogP contribution is 2.25. The second-order valence-electron chi connectivity index (χ2n) is 4.22. The fraction of sp³-hybridized carbons (Fsp3) is 0.0714. The summed E-state index contributed by atoms with van der Waals surface area (Å²) in [4.78, 5) is 16.8. The molecular weight excluding hydrogens is 291 g/mol. The van der Waals surface area contributed by atoms with E-state index in [0.29, 0.717) is 16.2 Å². The first-order valence-electron chi connectivity index (χ1n) is 6.13. The number of aromatic nitrogens is 3. The number of nitrogens with zero attached hydrogens (tertiary/aromatic N) is 3. The fourth-order valence-electron chi connectivity index (χ4n) is 2.00. The Labute approximate surface area is 124 Å². The molecule has 5 nitrogen and oxygen atoms in total. The number of halogens is 1. The van der Waals surface area contributed by atoms with Gasteiger partial charge in [-0.25, -0.2) is 13.9 Å². The molecule has 0 saturated carbocycles. The number of hydrogen-bond donors (Lipinski definition) is 1. The smallest absolute Gasteiger partial charge is 0.257 e. The van der Waals surface area contributed by atoms with E-state index >= 15 is 0 Å². The van der Waals surface area contributed by atoms with Crippen LogP contribution in [0.15, 0.2) is 47.8 Å². The van der Waals surface area contributed by atoms with E-state index < -0.39 is 5.82 Å². The highest BCUT2D eigenvalue weighted by Gasteiger charge is 2.16. The van der Waals surface area contributed by atoms with Crippen LogP contribution in [0.2, 0.25) is 0 Å². The molecule has 0 aliphatic rings. The molecule has 2 aromatic heterocycles. The zero-order chi connectivity index (χ0) is 14.8. The Kier molecular flexibility index (Phi) is 3.57. The van der Waals surface area contributed by atoms with Gasteiger partial charge in [-0.05, 0) is 24.5 Å². The molecule has 0 radical (unpaired) electrons. The van der Waals surface area contributed by atoms with Crippen LogP contribution in [0.1, 0.15) is 10.4 Å². The molecule has 3 rings (SSSR count). The molecule has 1 amide bonds. The normalized spacial score (nSPS) is 10.8. The maximum Gasteiger partial charge on any atom is 0.257 e. The summed E-state index contributed by atoms with van der Waals surface area (Å²) < 4.78 is 15.3. The summed E-state index contributed by atoms with van der Waals surface area (Å²) >= 11 is 1.19. The summed E-state index contributed by atoms with van der Waals surface area (Å²) in [6, 6.07) is 6.17. The van der Waals surface area contributed by atoms with Crippen molar-refractivity contribution >= 4 is 29.0 Å². The third-order valence-electron chi connectivity index (χ3n) is 2.94. The lowest BCUT2D eigenvalue weighted by atomic mass is 10.2. The van der Waals surface area contributed by atoms with Crippen LogP contribution in [0.25, 0.3) is 5.65 Å². The van der Waals surface area contributed by atoms with E-state index in [9.17, 15) is 9.18 Å². The number of carbonyl (C=O) groups excluding carboxylic acids is 1. The summed E-state index contributed by atoms with van der Waals surface area (Å²) in [6.45, 7) is 0. The van der Waals surface area contributed by atoms with Crippen LogP contribution in [0, 0.1) is 5.82 Å². The van der Waals surface area contributed by atoms with Crippen LogP contribution < -0.4 is 5.32 Å². The van der Waals surface area contributed by atoms with Crippen LogP contribution in [0.3, 0.4) is 0 Å². The molecule has 3 aromatic rings. The van der Waals surface area contributed by atoms with E-state index in [0.717, 1.165) is 0 Å². The predicted octanol–water partition coefficient (Wildman–Crippen LogP) is 2.84. The molecule has 1 N–H and O–H groups in total. The van der Waals surface area contributed by atoms with Gasteiger partial charge in [0.05, 0.1) is 16.7 Å². The van der Waals surface area contributed by atoms with Crippen LogP contribution in [0.4, 0.5) is 10.1 Å². The van der Waals surface area contributed by atoms with Gasteiger partial charge >= 0.3 is 0 Å². The van der Waals surface area contributed by atoms with Gasteiger partial charge in [-0.1, -0.05) is 6.07 Å². The standard InChI is InChI=1S/C14H11FN4OS/c1-21-12-9(4-2-5-10(12)15)14(20)18-11-8-17-19-7-3-6-16-13(11)19/h2-8H,1H3,(H,18,20). The van der Waals surface area contributed by atoms with Crippen LogP contribution in [-0.4, -0.2) is 26.8 Å². The van der Waals surface area contributed by atoms with Crippen LogP contribution in [0.5, 0.6) is 0 Å². The first-order chi connectivity index (χ1) is 10.2. The maximum atomic E-state index is 13.7. The quantitative estimate of drug-likeness (QED) is 0.756. The van der Waals surface area contributed by atoms with Gasteiger partial charge in [-0.3, -0.25) is 4.79 Å². The zero-order valence-corrected chi connectivity index (χ0v) is 11.9. The molecule has 0 bridgehead atoms. The zero-order valence-electron chi connectivity index (χ0n) is 11.1. The minimum atomic E-state index is -0.409. The van der Waals surface area contributed by atoms with Crippen molar-refractivity contribution < 1.29 is 9.18 Å². The van der Waals surface area contributed by atoms with Crippen molar-refractivity contribution in [3.8, 4) is 0 Å². The van der Waals surface area contributed by atoms with Crippen molar-refractivity contribution in [3.05, 3.63) is 54.2 Å². The molecule has 1 aromatic carbocycles. The second kappa shape index (κ2) is 5.53. The Bertz CT molecular complexity index is 818. The molecule has 0 unspecified atom stereocenters. The van der Waals surface area contributed by atoms with Crippen molar-refractivity contribution in [2.75, 3.05) is 11.6 Å². The first kappa shape index (κ1) is 13.6. The SMILES string of the molecule is CSc1c(F)cccc1C(=O)Nc1cnn2cccnc12. The van der Waals surface area contributed by atoms with Crippen molar-refractivity contribution in [1.29, 1.82) is 0 Å². The lowest BCUT2D eigenvalue weighted by Gasteiger charge is -2.08.